The minimum Gasteiger partial charge on any atom is -0.491 e. The zero-order valence-corrected chi connectivity index (χ0v) is 14.2. The van der Waals surface area contributed by atoms with Gasteiger partial charge >= 0.3 is 0 Å². The van der Waals surface area contributed by atoms with Gasteiger partial charge < -0.3 is 15.4 Å². The number of ether oxygens (including phenoxy) is 1. The molecule has 0 saturated carbocycles. The zero-order valence-electron chi connectivity index (χ0n) is 11.1. The molecule has 1 rings (SSSR count). The number of thiocarbonyl (C=S) groups is 1. The van der Waals surface area contributed by atoms with E-state index in [0.29, 0.717) is 28.7 Å². The van der Waals surface area contributed by atoms with Crippen LogP contribution in [0.15, 0.2) is 22.7 Å². The van der Waals surface area contributed by atoms with Crippen molar-refractivity contribution in [2.24, 2.45) is 5.73 Å². The van der Waals surface area contributed by atoms with E-state index in [1.54, 1.807) is 24.1 Å². The van der Waals surface area contributed by atoms with E-state index in [1.807, 2.05) is 6.07 Å². The fraction of sp³-hybridized carbons (Fsp3) is 0.385. The van der Waals surface area contributed by atoms with Crippen LogP contribution in [0.2, 0.25) is 5.02 Å². The first kappa shape index (κ1) is 17.2. The maximum Gasteiger partial charge on any atom is 0.225 e. The average Bonchev–Trinajstić information content (AvgIpc) is 2.38. The SMILES string of the molecule is CN(CCC(N)=S)C(=O)CCOc1ccc(Br)cc1Cl. The van der Waals surface area contributed by atoms with Crippen LogP contribution in [0.5, 0.6) is 5.75 Å². The molecule has 20 heavy (non-hydrogen) atoms. The lowest BCUT2D eigenvalue weighted by Gasteiger charge is -2.17. The molecule has 0 radical (unpaired) electrons. The summed E-state index contributed by atoms with van der Waals surface area (Å²) in [6.45, 7) is 0.796. The fourth-order valence-corrected chi connectivity index (χ4v) is 2.25. The fourth-order valence-electron chi connectivity index (χ4n) is 1.43. The van der Waals surface area contributed by atoms with Crippen LogP contribution in [0.4, 0.5) is 0 Å². The number of nitrogens with zero attached hydrogens (tertiary/aromatic N) is 1. The number of hydrogen-bond donors (Lipinski definition) is 1. The van der Waals surface area contributed by atoms with E-state index in [2.05, 4.69) is 15.9 Å². The topological polar surface area (TPSA) is 55.6 Å². The van der Waals surface area contributed by atoms with Crippen molar-refractivity contribution in [2.45, 2.75) is 12.8 Å². The summed E-state index contributed by atoms with van der Waals surface area (Å²) >= 11 is 14.1. The molecule has 0 saturated heterocycles. The van der Waals surface area contributed by atoms with Crippen LogP contribution in [-0.4, -0.2) is 36.0 Å². The van der Waals surface area contributed by atoms with Crippen LogP contribution in [0.1, 0.15) is 12.8 Å². The van der Waals surface area contributed by atoms with Crippen molar-refractivity contribution in [2.75, 3.05) is 20.2 Å². The molecule has 0 spiro atoms. The van der Waals surface area contributed by atoms with Crippen LogP contribution in [-0.2, 0) is 4.79 Å². The predicted molar refractivity (Wildman–Crippen MR) is 88.3 cm³/mol. The number of amides is 1. The molecular weight excluding hydrogens is 364 g/mol. The summed E-state index contributed by atoms with van der Waals surface area (Å²) < 4.78 is 6.37. The highest BCUT2D eigenvalue weighted by Crippen LogP contribution is 2.27. The third kappa shape index (κ3) is 6.07. The van der Waals surface area contributed by atoms with Gasteiger partial charge in [0.25, 0.3) is 0 Å². The largest absolute Gasteiger partial charge is 0.491 e. The van der Waals surface area contributed by atoms with Crippen LogP contribution in [0.3, 0.4) is 0 Å². The number of halogens is 2. The molecule has 1 aromatic carbocycles. The first-order valence-electron chi connectivity index (χ1n) is 6.00. The zero-order chi connectivity index (χ0) is 15.1. The number of carbonyl (C=O) groups is 1. The van der Waals surface area contributed by atoms with Gasteiger partial charge in [0.05, 0.1) is 23.0 Å². The maximum absolute atomic E-state index is 11.8. The van der Waals surface area contributed by atoms with Crippen molar-refractivity contribution >= 4 is 50.6 Å². The summed E-state index contributed by atoms with van der Waals surface area (Å²) in [6, 6.07) is 5.33. The van der Waals surface area contributed by atoms with E-state index in [4.69, 9.17) is 34.3 Å². The van der Waals surface area contributed by atoms with Crippen molar-refractivity contribution in [3.05, 3.63) is 27.7 Å². The van der Waals surface area contributed by atoms with E-state index in [-0.39, 0.29) is 18.9 Å². The second-order valence-electron chi connectivity index (χ2n) is 4.20. The van der Waals surface area contributed by atoms with Gasteiger partial charge in [0.2, 0.25) is 5.91 Å². The highest BCUT2D eigenvalue weighted by atomic mass is 79.9. The Bertz CT molecular complexity index is 499. The number of rotatable bonds is 7. The van der Waals surface area contributed by atoms with E-state index < -0.39 is 0 Å². The molecular formula is C13H16BrClN2O2S. The summed E-state index contributed by atoms with van der Waals surface area (Å²) in [6.07, 6.45) is 0.803. The van der Waals surface area contributed by atoms with Crippen LogP contribution >= 0.6 is 39.7 Å². The van der Waals surface area contributed by atoms with Crippen LogP contribution in [0, 0.1) is 0 Å². The van der Waals surface area contributed by atoms with Gasteiger partial charge in [-0.05, 0) is 18.2 Å². The molecule has 0 heterocycles. The van der Waals surface area contributed by atoms with Crippen molar-refractivity contribution in [3.63, 3.8) is 0 Å². The predicted octanol–water partition coefficient (Wildman–Crippen LogP) is 3.01. The lowest BCUT2D eigenvalue weighted by molar-refractivity contribution is -0.130. The Morgan fingerprint density at radius 3 is 2.80 bits per heavy atom. The van der Waals surface area contributed by atoms with Crippen LogP contribution in [0.25, 0.3) is 0 Å². The molecule has 0 aliphatic rings. The quantitative estimate of drug-likeness (QED) is 0.740. The molecule has 2 N–H and O–H groups in total. The van der Waals surface area contributed by atoms with Gasteiger partial charge in [-0.1, -0.05) is 39.7 Å². The summed E-state index contributed by atoms with van der Waals surface area (Å²) in [5.74, 6) is 0.544. The molecule has 110 valence electrons. The van der Waals surface area contributed by atoms with E-state index in [1.165, 1.54) is 0 Å². The molecule has 4 nitrogen and oxygen atoms in total. The number of nitrogens with two attached hydrogens (primary N) is 1. The number of benzene rings is 1. The lowest BCUT2D eigenvalue weighted by Crippen LogP contribution is -2.30. The minimum absolute atomic E-state index is 0.0190. The molecule has 7 heteroatoms. The second-order valence-corrected chi connectivity index (χ2v) is 6.05. The third-order valence-corrected chi connectivity index (χ3v) is 3.58. The molecule has 0 fully saturated rings. The monoisotopic (exact) mass is 378 g/mol. The van der Waals surface area contributed by atoms with Gasteiger partial charge in [-0.25, -0.2) is 0 Å². The third-order valence-electron chi connectivity index (χ3n) is 2.59. The molecule has 0 bridgehead atoms. The van der Waals surface area contributed by atoms with Crippen LogP contribution < -0.4 is 10.5 Å². The van der Waals surface area contributed by atoms with Crippen molar-refractivity contribution in [1.29, 1.82) is 0 Å². The van der Waals surface area contributed by atoms with Gasteiger partial charge in [-0.3, -0.25) is 4.79 Å². The highest BCUT2D eigenvalue weighted by Gasteiger charge is 2.10. The Kier molecular flexibility index (Phi) is 7.26. The summed E-state index contributed by atoms with van der Waals surface area (Å²) in [4.78, 5) is 13.8. The number of carbonyl (C=O) groups excluding carboxylic acids is 1. The van der Waals surface area contributed by atoms with Crippen molar-refractivity contribution in [1.82, 2.24) is 4.90 Å². The molecule has 1 amide bonds. The van der Waals surface area contributed by atoms with Gasteiger partial charge in [-0.2, -0.15) is 0 Å². The number of hydrogen-bond acceptors (Lipinski definition) is 3. The molecule has 0 aliphatic heterocycles. The smallest absolute Gasteiger partial charge is 0.225 e. The van der Waals surface area contributed by atoms with Gasteiger partial charge in [0, 0.05) is 24.5 Å². The first-order valence-corrected chi connectivity index (χ1v) is 7.58. The molecule has 0 unspecified atom stereocenters. The van der Waals surface area contributed by atoms with Gasteiger partial charge in [0.15, 0.2) is 0 Å². The Hall–Kier alpha value is -0.850. The lowest BCUT2D eigenvalue weighted by atomic mass is 10.3. The van der Waals surface area contributed by atoms with E-state index >= 15 is 0 Å². The Labute approximate surface area is 137 Å². The maximum atomic E-state index is 11.8. The van der Waals surface area contributed by atoms with Gasteiger partial charge in [0.1, 0.15) is 5.75 Å². The van der Waals surface area contributed by atoms with Gasteiger partial charge in [-0.15, -0.1) is 0 Å². The van der Waals surface area contributed by atoms with Crippen molar-refractivity contribution in [3.8, 4) is 5.75 Å². The summed E-state index contributed by atoms with van der Waals surface area (Å²) in [5, 5.41) is 0.508. The Morgan fingerprint density at radius 2 is 2.20 bits per heavy atom. The second kappa shape index (κ2) is 8.44. The Balaban J connectivity index is 2.36. The van der Waals surface area contributed by atoms with Crippen molar-refractivity contribution < 1.29 is 9.53 Å². The van der Waals surface area contributed by atoms with E-state index in [0.717, 1.165) is 4.47 Å². The minimum atomic E-state index is -0.0190. The van der Waals surface area contributed by atoms with E-state index in [9.17, 15) is 4.79 Å². The average molecular weight is 380 g/mol. The highest BCUT2D eigenvalue weighted by molar-refractivity contribution is 9.10. The molecule has 0 aromatic heterocycles. The summed E-state index contributed by atoms with van der Waals surface area (Å²) in [5.41, 5.74) is 5.40. The first-order chi connectivity index (χ1) is 9.40. The standard InChI is InChI=1S/C13H16BrClN2O2S/c1-17(6-4-12(16)20)13(18)5-7-19-11-3-2-9(14)8-10(11)15/h2-3,8H,4-7H2,1H3,(H2,16,20). The molecule has 0 atom stereocenters. The molecule has 0 aliphatic carbocycles. The molecule has 1 aromatic rings. The Morgan fingerprint density at radius 1 is 1.50 bits per heavy atom. The normalized spacial score (nSPS) is 10.2. The summed E-state index contributed by atoms with van der Waals surface area (Å²) in [7, 11) is 1.72.